The third kappa shape index (κ3) is 5.03. The van der Waals surface area contributed by atoms with Crippen LogP contribution in [0.5, 0.6) is 0 Å². The van der Waals surface area contributed by atoms with E-state index in [1.165, 1.54) is 12.7 Å². The molecule has 2 aliphatic rings. The molecule has 0 spiro atoms. The van der Waals surface area contributed by atoms with Crippen molar-refractivity contribution >= 4 is 15.9 Å². The Morgan fingerprint density at radius 1 is 1.20 bits per heavy atom. The Kier molecular flexibility index (Phi) is 6.16. The summed E-state index contributed by atoms with van der Waals surface area (Å²) in [7, 11) is -3.15. The lowest BCUT2D eigenvalue weighted by atomic mass is 9.91. The minimum Gasteiger partial charge on any atom is -0.376 e. The largest absolute Gasteiger partial charge is 0.376 e. The first-order valence-electron chi connectivity index (χ1n) is 10.8. The molecule has 1 aliphatic carbocycles. The first-order chi connectivity index (χ1) is 14.3. The molecule has 2 heterocycles. The van der Waals surface area contributed by atoms with E-state index in [-0.39, 0.29) is 5.92 Å². The molecule has 0 bridgehead atoms. The second-order valence-corrected chi connectivity index (χ2v) is 11.0. The van der Waals surface area contributed by atoms with Crippen LogP contribution in [-0.2, 0) is 21.2 Å². The summed E-state index contributed by atoms with van der Waals surface area (Å²) in [4.78, 5) is 7.08. The van der Waals surface area contributed by atoms with Gasteiger partial charge in [0.05, 0.1) is 18.1 Å². The molecule has 1 saturated heterocycles. The van der Waals surface area contributed by atoms with Gasteiger partial charge >= 0.3 is 6.01 Å². The third-order valence-electron chi connectivity index (χ3n) is 6.29. The van der Waals surface area contributed by atoms with Gasteiger partial charge in [-0.2, -0.15) is 4.98 Å². The van der Waals surface area contributed by atoms with Crippen molar-refractivity contribution in [2.45, 2.75) is 50.5 Å². The van der Waals surface area contributed by atoms with Crippen molar-refractivity contribution in [2.75, 3.05) is 30.9 Å². The zero-order valence-corrected chi connectivity index (χ0v) is 18.8. The molecule has 0 amide bonds. The fourth-order valence-electron chi connectivity index (χ4n) is 4.31. The molecule has 1 aromatic carbocycles. The summed E-state index contributed by atoms with van der Waals surface area (Å²) in [6.45, 7) is 7.39. The van der Waals surface area contributed by atoms with Gasteiger partial charge in [-0.15, -0.1) is 0 Å². The number of sulfone groups is 1. The summed E-state index contributed by atoms with van der Waals surface area (Å²) in [6.07, 6.45) is 4.79. The fourth-order valence-corrected chi connectivity index (χ4v) is 4.94. The average Bonchev–Trinajstić information content (AvgIpc) is 3.30. The number of anilines is 1. The van der Waals surface area contributed by atoms with E-state index in [0.29, 0.717) is 23.4 Å². The maximum Gasteiger partial charge on any atom is 0.324 e. The van der Waals surface area contributed by atoms with Crippen molar-refractivity contribution in [3.63, 3.8) is 0 Å². The number of nitrogens with zero attached hydrogens (tertiary/aromatic N) is 3. The van der Waals surface area contributed by atoms with Crippen molar-refractivity contribution < 1.29 is 17.7 Å². The lowest BCUT2D eigenvalue weighted by Gasteiger charge is -2.30. The van der Waals surface area contributed by atoms with Gasteiger partial charge in [-0.3, -0.25) is 0 Å². The van der Waals surface area contributed by atoms with Crippen LogP contribution in [0.2, 0.25) is 0 Å². The van der Waals surface area contributed by atoms with Crippen LogP contribution in [0.4, 0.5) is 6.01 Å². The molecule has 0 N–H and O–H groups in total. The highest BCUT2D eigenvalue weighted by Crippen LogP contribution is 2.48. The van der Waals surface area contributed by atoms with Crippen LogP contribution in [0.15, 0.2) is 33.7 Å². The Morgan fingerprint density at radius 2 is 1.90 bits per heavy atom. The topological polar surface area (TPSA) is 85.5 Å². The van der Waals surface area contributed by atoms with Crippen LogP contribution < -0.4 is 4.90 Å². The maximum absolute atomic E-state index is 11.5. The first kappa shape index (κ1) is 21.3. The summed E-state index contributed by atoms with van der Waals surface area (Å²) in [6, 6.07) is 7.62. The highest BCUT2D eigenvalue weighted by Gasteiger charge is 2.43. The lowest BCUT2D eigenvalue weighted by Crippen LogP contribution is -2.34. The van der Waals surface area contributed by atoms with E-state index in [4.69, 9.17) is 9.26 Å². The van der Waals surface area contributed by atoms with Crippen molar-refractivity contribution in [3.8, 4) is 0 Å². The SMILES string of the molecule is CC(C)c1noc(N2CCC(C3CC3COCc3ccc(S(C)(=O)=O)cc3)CC2)n1. The fraction of sp³-hybridized carbons (Fsp3) is 0.636. The molecule has 4 rings (SSSR count). The number of piperidine rings is 1. The molecule has 164 valence electrons. The highest BCUT2D eigenvalue weighted by atomic mass is 32.2. The number of benzene rings is 1. The summed E-state index contributed by atoms with van der Waals surface area (Å²) in [5, 5.41) is 4.07. The standard InChI is InChI=1S/C22H31N3O4S/c1-15(2)21-23-22(29-24-21)25-10-8-17(9-11-25)20-12-18(20)14-28-13-16-4-6-19(7-5-16)30(3,26)27/h4-7,15,17-18,20H,8-14H2,1-3H3. The molecule has 2 aromatic rings. The molecule has 1 aliphatic heterocycles. The monoisotopic (exact) mass is 433 g/mol. The van der Waals surface area contributed by atoms with E-state index >= 15 is 0 Å². The van der Waals surface area contributed by atoms with Crippen LogP contribution >= 0.6 is 0 Å². The van der Waals surface area contributed by atoms with Gasteiger partial charge in [0.2, 0.25) is 0 Å². The van der Waals surface area contributed by atoms with Crippen molar-refractivity contribution in [1.29, 1.82) is 0 Å². The minimum absolute atomic E-state index is 0.282. The van der Waals surface area contributed by atoms with Crippen LogP contribution in [-0.4, -0.2) is 44.5 Å². The van der Waals surface area contributed by atoms with E-state index in [1.807, 2.05) is 12.1 Å². The first-order valence-corrected chi connectivity index (χ1v) is 12.7. The number of hydrogen-bond donors (Lipinski definition) is 0. The Labute approximate surface area is 178 Å². The third-order valence-corrected chi connectivity index (χ3v) is 7.42. The van der Waals surface area contributed by atoms with Crippen LogP contribution in [0, 0.1) is 17.8 Å². The number of aromatic nitrogens is 2. The van der Waals surface area contributed by atoms with Crippen LogP contribution in [0.25, 0.3) is 0 Å². The van der Waals surface area contributed by atoms with Gasteiger partial charge in [-0.05, 0) is 54.7 Å². The molecule has 1 saturated carbocycles. The molecule has 0 radical (unpaired) electrons. The number of rotatable bonds is 8. The highest BCUT2D eigenvalue weighted by molar-refractivity contribution is 7.90. The van der Waals surface area contributed by atoms with Crippen molar-refractivity contribution in [2.24, 2.45) is 17.8 Å². The smallest absolute Gasteiger partial charge is 0.324 e. The van der Waals surface area contributed by atoms with Gasteiger partial charge < -0.3 is 14.2 Å². The zero-order chi connectivity index (χ0) is 21.3. The molecular formula is C22H31N3O4S. The Balaban J connectivity index is 1.18. The van der Waals surface area contributed by atoms with E-state index in [0.717, 1.165) is 55.8 Å². The molecule has 2 fully saturated rings. The molecule has 8 heteroatoms. The average molecular weight is 434 g/mol. The van der Waals surface area contributed by atoms with Crippen molar-refractivity contribution in [3.05, 3.63) is 35.7 Å². The van der Waals surface area contributed by atoms with Crippen LogP contribution in [0.1, 0.15) is 50.4 Å². The predicted octanol–water partition coefficient (Wildman–Crippen LogP) is 3.67. The van der Waals surface area contributed by atoms with E-state index in [2.05, 4.69) is 28.9 Å². The Morgan fingerprint density at radius 3 is 2.50 bits per heavy atom. The van der Waals surface area contributed by atoms with Gasteiger partial charge in [0, 0.05) is 25.3 Å². The molecule has 7 nitrogen and oxygen atoms in total. The molecular weight excluding hydrogens is 402 g/mol. The zero-order valence-electron chi connectivity index (χ0n) is 18.0. The van der Waals surface area contributed by atoms with Gasteiger partial charge in [0.25, 0.3) is 0 Å². The number of hydrogen-bond acceptors (Lipinski definition) is 7. The van der Waals surface area contributed by atoms with E-state index in [1.54, 1.807) is 12.1 Å². The maximum atomic E-state index is 11.5. The van der Waals surface area contributed by atoms with Gasteiger partial charge in [0.15, 0.2) is 15.7 Å². The Bertz CT molecular complexity index is 947. The molecule has 30 heavy (non-hydrogen) atoms. The summed E-state index contributed by atoms with van der Waals surface area (Å²) in [5.74, 6) is 3.21. The normalized spacial score (nSPS) is 22.6. The van der Waals surface area contributed by atoms with E-state index in [9.17, 15) is 8.42 Å². The van der Waals surface area contributed by atoms with Gasteiger partial charge in [-0.25, -0.2) is 8.42 Å². The predicted molar refractivity (Wildman–Crippen MR) is 114 cm³/mol. The number of ether oxygens (including phenoxy) is 1. The molecule has 2 unspecified atom stereocenters. The molecule has 2 atom stereocenters. The van der Waals surface area contributed by atoms with E-state index < -0.39 is 9.84 Å². The molecule has 1 aromatic heterocycles. The second-order valence-electron chi connectivity index (χ2n) is 9.01. The van der Waals surface area contributed by atoms with Gasteiger partial charge in [0.1, 0.15) is 0 Å². The van der Waals surface area contributed by atoms with Gasteiger partial charge in [-0.1, -0.05) is 31.1 Å². The summed E-state index contributed by atoms with van der Waals surface area (Å²) >= 11 is 0. The quantitative estimate of drug-likeness (QED) is 0.628. The summed E-state index contributed by atoms with van der Waals surface area (Å²) in [5.41, 5.74) is 1.01. The lowest BCUT2D eigenvalue weighted by molar-refractivity contribution is 0.104. The second kappa shape index (κ2) is 8.67. The van der Waals surface area contributed by atoms with Crippen LogP contribution in [0.3, 0.4) is 0 Å². The Hall–Kier alpha value is -1.93. The van der Waals surface area contributed by atoms with Crippen molar-refractivity contribution in [1.82, 2.24) is 10.1 Å². The summed E-state index contributed by atoms with van der Waals surface area (Å²) < 4.78 is 34.4. The minimum atomic E-state index is -3.15.